The summed E-state index contributed by atoms with van der Waals surface area (Å²) in [5.41, 5.74) is 1.24. The van der Waals surface area contributed by atoms with Gasteiger partial charge < -0.3 is 14.7 Å². The van der Waals surface area contributed by atoms with Crippen molar-refractivity contribution in [3.05, 3.63) is 59.7 Å². The van der Waals surface area contributed by atoms with Crippen molar-refractivity contribution >= 4 is 15.9 Å². The first-order valence-corrected chi connectivity index (χ1v) is 11.6. The van der Waals surface area contributed by atoms with Crippen molar-refractivity contribution in [1.82, 2.24) is 9.62 Å². The van der Waals surface area contributed by atoms with Crippen molar-refractivity contribution in [2.45, 2.75) is 37.2 Å². The van der Waals surface area contributed by atoms with Gasteiger partial charge in [0, 0.05) is 19.6 Å². The number of hydrogen-bond acceptors (Lipinski definition) is 5. The molecule has 1 aliphatic rings. The van der Waals surface area contributed by atoms with E-state index in [2.05, 4.69) is 4.72 Å². The Labute approximate surface area is 177 Å². The fourth-order valence-electron chi connectivity index (χ4n) is 3.31. The molecule has 162 valence electrons. The first kappa shape index (κ1) is 22.3. The van der Waals surface area contributed by atoms with Crippen LogP contribution in [0.2, 0.25) is 0 Å². The third-order valence-electron chi connectivity index (χ3n) is 5.02. The van der Waals surface area contributed by atoms with Crippen molar-refractivity contribution in [1.29, 1.82) is 0 Å². The van der Waals surface area contributed by atoms with E-state index < -0.39 is 16.1 Å². The smallest absolute Gasteiger partial charge is 0.255 e. The van der Waals surface area contributed by atoms with E-state index in [4.69, 9.17) is 4.74 Å². The van der Waals surface area contributed by atoms with Crippen LogP contribution in [0.1, 0.15) is 35.2 Å². The predicted octanol–water partition coefficient (Wildman–Crippen LogP) is 2.34. The third-order valence-corrected chi connectivity index (χ3v) is 6.50. The van der Waals surface area contributed by atoms with Crippen LogP contribution in [0.5, 0.6) is 5.75 Å². The average molecular weight is 433 g/mol. The molecule has 8 heteroatoms. The van der Waals surface area contributed by atoms with Gasteiger partial charge in [0.25, 0.3) is 5.91 Å². The molecule has 1 atom stereocenters. The molecule has 1 aliphatic heterocycles. The van der Waals surface area contributed by atoms with Crippen LogP contribution in [0.3, 0.4) is 0 Å². The normalized spacial score (nSPS) is 15.6. The summed E-state index contributed by atoms with van der Waals surface area (Å²) >= 11 is 0. The van der Waals surface area contributed by atoms with Gasteiger partial charge in [0.2, 0.25) is 10.0 Å². The van der Waals surface area contributed by atoms with E-state index in [1.165, 1.54) is 12.1 Å². The van der Waals surface area contributed by atoms with Crippen LogP contribution in [0.4, 0.5) is 0 Å². The molecule has 0 saturated carbocycles. The van der Waals surface area contributed by atoms with Crippen LogP contribution < -0.4 is 9.46 Å². The highest BCUT2D eigenvalue weighted by atomic mass is 32.2. The standard InChI is InChI=1S/C22H28N2O5S/c1-17-9-11-19(12-10-17)29-16-18(25)15-23-30(27,28)21-8-4-3-7-20(21)22(26)24-13-5-2-6-14-24/h3-4,7-12,18,23,25H,2,5-6,13-16H2,1H3/t18-/m0/s1. The number of amides is 1. The molecule has 0 unspecified atom stereocenters. The van der Waals surface area contributed by atoms with E-state index in [-0.39, 0.29) is 29.5 Å². The van der Waals surface area contributed by atoms with E-state index in [0.717, 1.165) is 24.8 Å². The summed E-state index contributed by atoms with van der Waals surface area (Å²) in [7, 11) is -3.97. The molecule has 0 aliphatic carbocycles. The van der Waals surface area contributed by atoms with Crippen LogP contribution in [0, 0.1) is 6.92 Å². The largest absolute Gasteiger partial charge is 0.491 e. The zero-order valence-corrected chi connectivity index (χ0v) is 17.9. The van der Waals surface area contributed by atoms with E-state index in [1.807, 2.05) is 19.1 Å². The molecule has 0 radical (unpaired) electrons. The number of sulfonamides is 1. The molecule has 2 N–H and O–H groups in total. The molecule has 1 heterocycles. The summed E-state index contributed by atoms with van der Waals surface area (Å²) in [6.07, 6.45) is 1.89. The molecule has 2 aromatic carbocycles. The Bertz CT molecular complexity index is 954. The predicted molar refractivity (Wildman–Crippen MR) is 114 cm³/mol. The molecule has 0 aromatic heterocycles. The van der Waals surface area contributed by atoms with Crippen molar-refractivity contribution in [3.8, 4) is 5.75 Å². The van der Waals surface area contributed by atoms with Crippen molar-refractivity contribution in [3.63, 3.8) is 0 Å². The lowest BCUT2D eigenvalue weighted by Crippen LogP contribution is -2.38. The van der Waals surface area contributed by atoms with Gasteiger partial charge in [-0.2, -0.15) is 0 Å². The minimum Gasteiger partial charge on any atom is -0.491 e. The molecule has 1 amide bonds. The maximum absolute atomic E-state index is 12.9. The number of nitrogens with one attached hydrogen (secondary N) is 1. The van der Waals surface area contributed by atoms with Gasteiger partial charge in [-0.15, -0.1) is 0 Å². The number of carbonyl (C=O) groups is 1. The van der Waals surface area contributed by atoms with Crippen LogP contribution in [0.15, 0.2) is 53.4 Å². The number of aliphatic hydroxyl groups excluding tert-OH is 1. The molecular formula is C22H28N2O5S. The Hall–Kier alpha value is -2.42. The lowest BCUT2D eigenvalue weighted by molar-refractivity contribution is 0.0720. The Balaban J connectivity index is 1.62. The van der Waals surface area contributed by atoms with Crippen LogP contribution in [0.25, 0.3) is 0 Å². The summed E-state index contributed by atoms with van der Waals surface area (Å²) in [4.78, 5) is 14.5. The van der Waals surface area contributed by atoms with E-state index in [0.29, 0.717) is 18.8 Å². The monoisotopic (exact) mass is 432 g/mol. The number of carbonyl (C=O) groups excluding carboxylic acids is 1. The van der Waals surface area contributed by atoms with Crippen molar-refractivity contribution in [2.24, 2.45) is 0 Å². The maximum Gasteiger partial charge on any atom is 0.255 e. The van der Waals surface area contributed by atoms with E-state index >= 15 is 0 Å². The fourth-order valence-corrected chi connectivity index (χ4v) is 4.58. The van der Waals surface area contributed by atoms with Gasteiger partial charge in [-0.3, -0.25) is 4.79 Å². The molecule has 0 bridgehead atoms. The Morgan fingerprint density at radius 3 is 2.47 bits per heavy atom. The molecule has 1 saturated heterocycles. The molecule has 0 spiro atoms. The van der Waals surface area contributed by atoms with E-state index in [9.17, 15) is 18.3 Å². The first-order valence-electron chi connectivity index (χ1n) is 10.1. The quantitative estimate of drug-likeness (QED) is 0.668. The number of rotatable bonds is 8. The van der Waals surface area contributed by atoms with Gasteiger partial charge in [-0.25, -0.2) is 13.1 Å². The summed E-state index contributed by atoms with van der Waals surface area (Å²) < 4.78 is 33.5. The second-order valence-corrected chi connectivity index (χ2v) is 9.21. The Morgan fingerprint density at radius 2 is 1.77 bits per heavy atom. The highest BCUT2D eigenvalue weighted by molar-refractivity contribution is 7.89. The molecule has 1 fully saturated rings. The second-order valence-electron chi connectivity index (χ2n) is 7.48. The second kappa shape index (κ2) is 10.1. The topological polar surface area (TPSA) is 95.9 Å². The Kier molecular flexibility index (Phi) is 7.47. The van der Waals surface area contributed by atoms with Gasteiger partial charge in [0.1, 0.15) is 18.5 Å². The van der Waals surface area contributed by atoms with Gasteiger partial charge in [0.15, 0.2) is 0 Å². The SMILES string of the molecule is Cc1ccc(OC[C@@H](O)CNS(=O)(=O)c2ccccc2C(=O)N2CCCCC2)cc1. The molecule has 30 heavy (non-hydrogen) atoms. The molecule has 3 rings (SSSR count). The highest BCUT2D eigenvalue weighted by Gasteiger charge is 2.26. The van der Waals surface area contributed by atoms with Crippen molar-refractivity contribution in [2.75, 3.05) is 26.2 Å². The number of piperidine rings is 1. The minimum atomic E-state index is -3.97. The number of hydrogen-bond donors (Lipinski definition) is 2. The molecular weight excluding hydrogens is 404 g/mol. The third kappa shape index (κ3) is 5.81. The summed E-state index contributed by atoms with van der Waals surface area (Å²) in [5, 5.41) is 10.1. The lowest BCUT2D eigenvalue weighted by Gasteiger charge is -2.27. The number of aliphatic hydroxyl groups is 1. The van der Waals surface area contributed by atoms with Crippen LogP contribution in [-0.2, 0) is 10.0 Å². The van der Waals surface area contributed by atoms with E-state index in [1.54, 1.807) is 29.2 Å². The summed E-state index contributed by atoms with van der Waals surface area (Å²) in [5.74, 6) is 0.318. The van der Waals surface area contributed by atoms with Crippen LogP contribution >= 0.6 is 0 Å². The maximum atomic E-state index is 12.9. The minimum absolute atomic E-state index is 0.0556. The average Bonchev–Trinajstić information content (AvgIpc) is 2.77. The molecule has 2 aromatic rings. The fraction of sp³-hybridized carbons (Fsp3) is 0.409. The van der Waals surface area contributed by atoms with Gasteiger partial charge in [0.05, 0.1) is 10.5 Å². The van der Waals surface area contributed by atoms with Gasteiger partial charge in [-0.05, 0) is 50.5 Å². The highest BCUT2D eigenvalue weighted by Crippen LogP contribution is 2.20. The number of likely N-dealkylation sites (tertiary alicyclic amines) is 1. The number of ether oxygens (including phenoxy) is 1. The summed E-state index contributed by atoms with van der Waals surface area (Å²) in [6, 6.07) is 13.5. The lowest BCUT2D eigenvalue weighted by atomic mass is 10.1. The van der Waals surface area contributed by atoms with Gasteiger partial charge >= 0.3 is 0 Å². The van der Waals surface area contributed by atoms with Crippen molar-refractivity contribution < 1.29 is 23.1 Å². The first-order chi connectivity index (χ1) is 14.4. The zero-order valence-electron chi connectivity index (χ0n) is 17.1. The summed E-state index contributed by atoms with van der Waals surface area (Å²) in [6.45, 7) is 2.95. The van der Waals surface area contributed by atoms with Gasteiger partial charge in [-0.1, -0.05) is 29.8 Å². The number of aryl methyl sites for hydroxylation is 1. The number of benzene rings is 2. The number of nitrogens with zero attached hydrogens (tertiary/aromatic N) is 1. The molecule has 7 nitrogen and oxygen atoms in total. The zero-order chi connectivity index (χ0) is 21.6. The van der Waals surface area contributed by atoms with Crippen LogP contribution in [-0.4, -0.2) is 56.7 Å². The Morgan fingerprint density at radius 1 is 1.10 bits per heavy atom.